The van der Waals surface area contributed by atoms with E-state index in [1.807, 2.05) is 13.8 Å². The number of methoxy groups -OCH3 is 1. The van der Waals surface area contributed by atoms with Gasteiger partial charge in [0.15, 0.2) is 18.9 Å². The fourth-order valence-corrected chi connectivity index (χ4v) is 10.9. The smallest absolute Gasteiger partial charge is 0.394 e. The van der Waals surface area contributed by atoms with E-state index in [1.54, 1.807) is 20.8 Å². The summed E-state index contributed by atoms with van der Waals surface area (Å²) >= 11 is 0. The highest BCUT2D eigenvalue weighted by molar-refractivity contribution is 7.47. The lowest BCUT2D eigenvalue weighted by Crippen LogP contribution is -2.55. The average Bonchev–Trinajstić information content (AvgIpc) is 0.837. The van der Waals surface area contributed by atoms with E-state index in [1.165, 1.54) is 12.0 Å². The van der Waals surface area contributed by atoms with Crippen LogP contribution in [0.2, 0.25) is 0 Å². The topological polar surface area (TPSA) is 516 Å². The molecule has 0 bridgehead atoms. The number of phosphoric acid groups is 1. The van der Waals surface area contributed by atoms with Gasteiger partial charge in [-0.25, -0.2) is 4.57 Å². The Hall–Kier alpha value is -4.05. The molecule has 4 amide bonds. The Bertz CT molecular complexity index is 2260. The molecule has 0 radical (unpaired) electrons. The molecule has 0 saturated carbocycles. The summed E-state index contributed by atoms with van der Waals surface area (Å²) in [6.45, 7) is 7.26. The molecule has 610 valence electrons. The number of carbonyl (C=O) groups is 8. The highest BCUT2D eigenvalue weighted by Gasteiger charge is 2.45. The van der Waals surface area contributed by atoms with Crippen molar-refractivity contribution in [2.24, 2.45) is 23.5 Å². The summed E-state index contributed by atoms with van der Waals surface area (Å²) in [5.74, 6) is -5.90. The number of ether oxygens (including phenoxy) is 7. The van der Waals surface area contributed by atoms with Crippen molar-refractivity contribution in [3.63, 3.8) is 0 Å². The first-order valence-corrected chi connectivity index (χ1v) is 36.0. The van der Waals surface area contributed by atoms with Gasteiger partial charge < -0.3 is 111 Å². The van der Waals surface area contributed by atoms with Crippen LogP contribution in [0.3, 0.4) is 0 Å². The summed E-state index contributed by atoms with van der Waals surface area (Å²) in [5, 5.41) is 100. The second-order valence-electron chi connectivity index (χ2n) is 24.4. The zero-order chi connectivity index (χ0) is 74.5. The number of nitrogens with two attached hydrogens (primary N) is 1. The Balaban J connectivity index is -0.00000231. The van der Waals surface area contributed by atoms with E-state index in [0.717, 1.165) is 32.8 Å². The number of unbranched alkanes of at least 4 members (excludes halogenated alkanes) is 3. The number of nitrogens with zero attached hydrogens (tertiary/aromatic N) is 1. The highest BCUT2D eigenvalue weighted by atomic mass is 31.2. The molecule has 0 spiro atoms. The fourth-order valence-electron chi connectivity index (χ4n) is 10.4. The van der Waals surface area contributed by atoms with Gasteiger partial charge in [-0.15, -0.1) is 0 Å². The van der Waals surface area contributed by atoms with Gasteiger partial charge in [0.05, 0.1) is 90.2 Å². The summed E-state index contributed by atoms with van der Waals surface area (Å²) in [5.41, 5.74) is 5.30. The summed E-state index contributed by atoms with van der Waals surface area (Å²) in [6, 6.07) is -1.38. The van der Waals surface area contributed by atoms with Gasteiger partial charge in [-0.3, -0.25) is 52.3 Å². The molecule has 3 aliphatic rings. The summed E-state index contributed by atoms with van der Waals surface area (Å²) < 4.78 is 58.3. The van der Waals surface area contributed by atoms with Crippen LogP contribution in [0.25, 0.3) is 0 Å². The average molecular weight is 1520 g/mol. The number of Topliss-reactive ketones (excluding diaryl/α,β-unsaturated/α-hetero) is 4. The summed E-state index contributed by atoms with van der Waals surface area (Å²) in [7, 11) is -1.09. The zero-order valence-corrected chi connectivity index (χ0v) is 59.8. The molecule has 8 unspecified atom stereocenters. The molecule has 35 heteroatoms. The first-order valence-electron chi connectivity index (χ1n) is 34.5. The van der Waals surface area contributed by atoms with Gasteiger partial charge in [0.25, 0.3) is 0 Å². The molecule has 3 fully saturated rings. The van der Waals surface area contributed by atoms with Crippen LogP contribution >= 0.6 is 7.82 Å². The monoisotopic (exact) mass is 1510 g/mol. The van der Waals surface area contributed by atoms with E-state index < -0.39 is 180 Å². The molecule has 0 aromatic heterocycles. The maximum absolute atomic E-state index is 14.2. The van der Waals surface area contributed by atoms with Crippen LogP contribution in [0, 0.1) is 17.8 Å². The number of amides is 4. The summed E-state index contributed by atoms with van der Waals surface area (Å²) in [4.78, 5) is 116. The molecular weight excluding hydrogens is 1380 g/mol. The fraction of sp³-hybridized carbons (Fsp3) is 0.882. The number of carbonyl (C=O) groups excluding carboxylic acids is 8. The molecule has 3 heterocycles. The molecule has 3 saturated heterocycles. The number of ketones is 4. The van der Waals surface area contributed by atoms with Crippen molar-refractivity contribution in [2.75, 3.05) is 113 Å². The Morgan fingerprint density at radius 1 is 0.466 bits per heavy atom. The third-order valence-corrected chi connectivity index (χ3v) is 17.5. The standard InChI is InChI=1S/C55H95N5O24.C7H18NO4P.C2H6.4CH4/c1-32-46(71)49(74)40(29-61)82-53(32)79-23-7-19-56-43(68)17-14-37(66)27-60(28-38(67)15-18-44(69)57-20-8-24-80-54-33(2)47(72)50(75)41(30-62)83-54)39(16-13-36(65)11-5-10-35(64)12-6-22-78-4)52(77)59-26-45(70)58-21-9-25-81-55-34(3)48(73)51(76)42(31-63)84-55;1-11-13(9,10)12-7-5-3-2-4-6-8;1-2;;;;/h32-34,39-42,46-51,53-55,61-63,71-76H,5-31H2,1-4H3,(H,56,68)(H,57,69)(H,58,70)(H,59,77);2-8H2,1H3,(H,9,10);1-2H3;4*1H4/t32?,33?,34?,39?,40?,41?,42?,46-,47-,48-,49+,50+,51+,53-,54-,55-;;;;;;/m1....../s1. The van der Waals surface area contributed by atoms with E-state index >= 15 is 0 Å². The van der Waals surface area contributed by atoms with Gasteiger partial charge in [-0.2, -0.15) is 0 Å². The normalized spacial score (nSPS) is 25.1. The van der Waals surface area contributed by atoms with E-state index in [0.29, 0.717) is 19.6 Å². The molecule has 0 aromatic rings. The van der Waals surface area contributed by atoms with E-state index in [4.69, 9.17) is 43.8 Å². The predicted octanol–water partition coefficient (Wildman–Crippen LogP) is 0.621. The number of hydrogen-bond acceptors (Lipinski definition) is 29. The third kappa shape index (κ3) is 42.9. The molecule has 0 aromatic carbocycles. The van der Waals surface area contributed by atoms with Gasteiger partial charge in [-0.05, 0) is 57.9 Å². The SMILES string of the molecule is C.C.C.C.CC.COCCCC(=O)CCCC(=O)CCC(C(=O)NCC(=O)NCCCO[C@@H]1OC(CO)[C@H](O)[C@H](O)C1C)N(CC(=O)CCC(=O)NCCCO[C@@H]1OC(CO)[C@H](O)[C@H](O)C1C)CC(=O)CCC(=O)NCCCO[C@@H]1OC(CO)[C@H](O)[C@H](O)C1C.COP(=O)(O)OCCCCCCN. The lowest BCUT2D eigenvalue weighted by atomic mass is 9.92. The minimum Gasteiger partial charge on any atom is -0.394 e. The maximum Gasteiger partial charge on any atom is 0.471 e. The number of aliphatic hydroxyl groups excluding tert-OH is 9. The van der Waals surface area contributed by atoms with Gasteiger partial charge in [0.2, 0.25) is 23.6 Å². The minimum atomic E-state index is -3.75. The number of nitrogens with one attached hydrogen (secondary N) is 4. The summed E-state index contributed by atoms with van der Waals surface area (Å²) in [6.07, 6.45) is -9.58. The molecular formula is C68H135N6O28P. The number of aliphatic hydroxyl groups is 9. The van der Waals surface area contributed by atoms with Crippen molar-refractivity contribution in [1.82, 2.24) is 26.2 Å². The van der Waals surface area contributed by atoms with Crippen LogP contribution in [0.1, 0.15) is 180 Å². The van der Waals surface area contributed by atoms with Crippen LogP contribution in [-0.4, -0.2) is 295 Å². The van der Waals surface area contributed by atoms with Crippen LogP contribution < -0.4 is 27.0 Å². The Morgan fingerprint density at radius 3 is 1.22 bits per heavy atom. The molecule has 3 rings (SSSR count). The van der Waals surface area contributed by atoms with Gasteiger partial charge in [0, 0.05) is 110 Å². The van der Waals surface area contributed by atoms with Gasteiger partial charge >= 0.3 is 7.82 Å². The van der Waals surface area contributed by atoms with Crippen molar-refractivity contribution < 1.29 is 136 Å². The van der Waals surface area contributed by atoms with Gasteiger partial charge in [0.1, 0.15) is 59.8 Å². The Morgan fingerprint density at radius 2 is 0.845 bits per heavy atom. The lowest BCUT2D eigenvalue weighted by Gasteiger charge is -2.40. The lowest BCUT2D eigenvalue weighted by molar-refractivity contribution is -0.282. The van der Waals surface area contributed by atoms with Crippen LogP contribution in [0.5, 0.6) is 0 Å². The van der Waals surface area contributed by atoms with Crippen LogP contribution in [0.15, 0.2) is 0 Å². The van der Waals surface area contributed by atoms with Crippen molar-refractivity contribution in [3.8, 4) is 0 Å². The second-order valence-corrected chi connectivity index (χ2v) is 25.9. The molecule has 3 aliphatic heterocycles. The van der Waals surface area contributed by atoms with Crippen LogP contribution in [0.4, 0.5) is 0 Å². The molecule has 17 atom stereocenters. The third-order valence-electron chi connectivity index (χ3n) is 16.5. The molecule has 34 nitrogen and oxygen atoms in total. The zero-order valence-electron chi connectivity index (χ0n) is 58.9. The van der Waals surface area contributed by atoms with Crippen LogP contribution in [-0.2, 0) is 85.1 Å². The van der Waals surface area contributed by atoms with Crippen molar-refractivity contribution >= 4 is 54.6 Å². The van der Waals surface area contributed by atoms with E-state index in [-0.39, 0.29) is 171 Å². The quantitative estimate of drug-likeness (QED) is 0.0293. The Labute approximate surface area is 610 Å². The molecule has 16 N–H and O–H groups in total. The first kappa shape index (κ1) is 105. The van der Waals surface area contributed by atoms with Gasteiger partial charge in [-0.1, -0.05) is 77.2 Å². The molecule has 103 heavy (non-hydrogen) atoms. The van der Waals surface area contributed by atoms with E-state index in [2.05, 4.69) is 30.3 Å². The number of rotatable bonds is 51. The Kier molecular flexibility index (Phi) is 62.3. The number of hydrogen-bond donors (Lipinski definition) is 15. The maximum atomic E-state index is 14.2. The van der Waals surface area contributed by atoms with Crippen molar-refractivity contribution in [1.29, 1.82) is 0 Å². The molecule has 0 aliphatic carbocycles. The first-order chi connectivity index (χ1) is 47.2. The number of phosphoric ester groups is 1. The second kappa shape index (κ2) is 60.9. The van der Waals surface area contributed by atoms with E-state index in [9.17, 15) is 88.9 Å². The highest BCUT2D eigenvalue weighted by Crippen LogP contribution is 2.42. The predicted molar refractivity (Wildman–Crippen MR) is 381 cm³/mol. The minimum absolute atomic E-state index is 0. The largest absolute Gasteiger partial charge is 0.471 e. The van der Waals surface area contributed by atoms with Crippen molar-refractivity contribution in [3.05, 3.63) is 0 Å². The van der Waals surface area contributed by atoms with Crippen molar-refractivity contribution in [2.45, 2.75) is 260 Å².